The number of nitrogens with one attached hydrogen (secondary N) is 1. The van der Waals surface area contributed by atoms with Crippen molar-refractivity contribution in [1.29, 1.82) is 5.26 Å². The molecule has 0 saturated carbocycles. The number of fused-ring (bicyclic) bond motifs is 1. The molecule has 4 rings (SSSR count). The second-order valence-electron chi connectivity index (χ2n) is 7.13. The Hall–Kier alpha value is -3.37. The number of hydrogen-bond acceptors (Lipinski definition) is 7. The van der Waals surface area contributed by atoms with Crippen LogP contribution in [0, 0.1) is 17.2 Å². The first-order valence-electron chi connectivity index (χ1n) is 9.43. The van der Waals surface area contributed by atoms with Gasteiger partial charge >= 0.3 is 0 Å². The Morgan fingerprint density at radius 2 is 2.13 bits per heavy atom. The van der Waals surface area contributed by atoms with E-state index < -0.39 is 6.23 Å². The molecule has 3 unspecified atom stereocenters. The summed E-state index contributed by atoms with van der Waals surface area (Å²) in [5, 5.41) is 14.6. The van der Waals surface area contributed by atoms with Crippen LogP contribution in [0.4, 0.5) is 0 Å². The van der Waals surface area contributed by atoms with Crippen molar-refractivity contribution in [3.05, 3.63) is 70.1 Å². The Kier molecular flexibility index (Phi) is 5.42. The number of hydrogen-bond donors (Lipinski definition) is 2. The Morgan fingerprint density at radius 3 is 2.87 bits per heavy atom. The zero-order valence-corrected chi connectivity index (χ0v) is 17.3. The van der Waals surface area contributed by atoms with Crippen LogP contribution < -0.4 is 20.6 Å². The van der Waals surface area contributed by atoms with Gasteiger partial charge < -0.3 is 19.9 Å². The fourth-order valence-electron chi connectivity index (χ4n) is 3.91. The van der Waals surface area contributed by atoms with Gasteiger partial charge in [-0.15, -0.1) is 0 Å². The monoisotopic (exact) mass is 424 g/mol. The highest BCUT2D eigenvalue weighted by atomic mass is 35.5. The highest BCUT2D eigenvalue weighted by molar-refractivity contribution is 6.30. The highest BCUT2D eigenvalue weighted by Gasteiger charge is 2.45. The van der Waals surface area contributed by atoms with E-state index in [0.717, 1.165) is 16.8 Å². The van der Waals surface area contributed by atoms with Crippen LogP contribution >= 0.6 is 11.6 Å². The lowest BCUT2D eigenvalue weighted by Gasteiger charge is -2.34. The number of ether oxygens (including phenoxy) is 3. The predicted molar refractivity (Wildman–Crippen MR) is 113 cm³/mol. The van der Waals surface area contributed by atoms with Gasteiger partial charge in [0.2, 0.25) is 5.88 Å². The van der Waals surface area contributed by atoms with Crippen molar-refractivity contribution in [2.45, 2.75) is 25.7 Å². The Bertz CT molecular complexity index is 1080. The number of rotatable bonds is 5. The molecule has 3 atom stereocenters. The minimum Gasteiger partial charge on any atom is -0.496 e. The van der Waals surface area contributed by atoms with Crippen LogP contribution in [0.2, 0.25) is 5.02 Å². The molecule has 2 heterocycles. The number of methoxy groups -OCH3 is 1. The minimum atomic E-state index is -0.402. The molecule has 154 valence electrons. The van der Waals surface area contributed by atoms with Gasteiger partial charge in [-0.2, -0.15) is 10.4 Å². The van der Waals surface area contributed by atoms with Gasteiger partial charge in [0.15, 0.2) is 6.23 Å². The van der Waals surface area contributed by atoms with Crippen LogP contribution in [0.5, 0.6) is 11.5 Å². The number of nitriles is 1. The molecule has 0 radical (unpaired) electrons. The number of allylic oxidation sites excluding steroid dienone is 1. The standard InChI is InChI=1S/C22H21ClN4O3/c1-12-19-20(17(10-24)21(25)30-22(19)27-26-12)13-6-7-18(28-2)14(8-13)11-29-16-5-3-4-15(23)9-16/h3-9,19-20,22,27H,11,25H2,1-2H3. The van der Waals surface area contributed by atoms with E-state index in [1.165, 1.54) is 0 Å². The Labute approximate surface area is 179 Å². The van der Waals surface area contributed by atoms with Gasteiger partial charge in [0, 0.05) is 22.2 Å². The lowest BCUT2D eigenvalue weighted by Crippen LogP contribution is -2.41. The van der Waals surface area contributed by atoms with Crippen LogP contribution in [0.25, 0.3) is 0 Å². The average Bonchev–Trinajstić information content (AvgIpc) is 3.11. The fourth-order valence-corrected chi connectivity index (χ4v) is 4.09. The summed E-state index contributed by atoms with van der Waals surface area (Å²) in [6.07, 6.45) is -0.402. The van der Waals surface area contributed by atoms with Crippen molar-refractivity contribution in [3.8, 4) is 17.6 Å². The van der Waals surface area contributed by atoms with Gasteiger partial charge in [-0.05, 0) is 42.8 Å². The summed E-state index contributed by atoms with van der Waals surface area (Å²) in [4.78, 5) is 0. The summed E-state index contributed by atoms with van der Waals surface area (Å²) in [6, 6.07) is 15.2. The van der Waals surface area contributed by atoms with Crippen molar-refractivity contribution >= 4 is 17.3 Å². The summed E-state index contributed by atoms with van der Waals surface area (Å²) in [7, 11) is 1.61. The van der Waals surface area contributed by atoms with E-state index in [9.17, 15) is 5.26 Å². The van der Waals surface area contributed by atoms with Crippen LogP contribution in [0.3, 0.4) is 0 Å². The molecule has 0 amide bonds. The first-order chi connectivity index (χ1) is 14.5. The van der Waals surface area contributed by atoms with E-state index in [4.69, 9.17) is 31.5 Å². The molecule has 2 aromatic rings. The second kappa shape index (κ2) is 8.17. The molecule has 0 aromatic heterocycles. The normalized spacial score (nSPS) is 22.3. The molecule has 0 fully saturated rings. The fraction of sp³-hybridized carbons (Fsp3) is 0.273. The molecule has 2 aliphatic rings. The number of nitrogens with zero attached hydrogens (tertiary/aromatic N) is 2. The van der Waals surface area contributed by atoms with E-state index in [1.54, 1.807) is 19.2 Å². The van der Waals surface area contributed by atoms with Gasteiger partial charge in [-0.1, -0.05) is 23.7 Å². The first-order valence-corrected chi connectivity index (χ1v) is 9.81. The van der Waals surface area contributed by atoms with Gasteiger partial charge in [-0.3, -0.25) is 5.43 Å². The summed E-state index contributed by atoms with van der Waals surface area (Å²) in [5.41, 5.74) is 12.0. The maximum atomic E-state index is 9.76. The van der Waals surface area contributed by atoms with Gasteiger partial charge in [0.1, 0.15) is 24.2 Å². The number of nitrogens with two attached hydrogens (primary N) is 1. The lowest BCUT2D eigenvalue weighted by molar-refractivity contribution is 0.0454. The van der Waals surface area contributed by atoms with E-state index in [2.05, 4.69) is 16.6 Å². The Morgan fingerprint density at radius 1 is 1.30 bits per heavy atom. The van der Waals surface area contributed by atoms with Gasteiger partial charge in [0.05, 0.1) is 18.6 Å². The lowest BCUT2D eigenvalue weighted by atomic mass is 9.76. The van der Waals surface area contributed by atoms with Crippen LogP contribution in [0.1, 0.15) is 24.0 Å². The third kappa shape index (κ3) is 3.62. The number of hydrazone groups is 1. The van der Waals surface area contributed by atoms with Crippen LogP contribution in [0.15, 0.2) is 59.0 Å². The molecule has 0 spiro atoms. The maximum absolute atomic E-state index is 9.76. The summed E-state index contributed by atoms with van der Waals surface area (Å²) >= 11 is 6.04. The van der Waals surface area contributed by atoms with Crippen LogP contribution in [-0.2, 0) is 11.3 Å². The molecule has 0 bridgehead atoms. The summed E-state index contributed by atoms with van der Waals surface area (Å²) < 4.78 is 17.1. The van der Waals surface area contributed by atoms with Crippen LogP contribution in [-0.4, -0.2) is 19.0 Å². The summed E-state index contributed by atoms with van der Waals surface area (Å²) in [6.45, 7) is 2.19. The quantitative estimate of drug-likeness (QED) is 0.759. The third-order valence-corrected chi connectivity index (χ3v) is 5.58. The van der Waals surface area contributed by atoms with Crippen molar-refractivity contribution < 1.29 is 14.2 Å². The smallest absolute Gasteiger partial charge is 0.201 e. The van der Waals surface area contributed by atoms with E-state index in [0.29, 0.717) is 22.1 Å². The number of halogens is 1. The molecule has 3 N–H and O–H groups in total. The second-order valence-corrected chi connectivity index (χ2v) is 7.57. The average molecular weight is 425 g/mol. The molecule has 2 aliphatic heterocycles. The van der Waals surface area contributed by atoms with Gasteiger partial charge in [-0.25, -0.2) is 0 Å². The molecule has 8 heteroatoms. The summed E-state index contributed by atoms with van der Waals surface area (Å²) in [5.74, 6) is 1.04. The molecular formula is C22H21ClN4O3. The SMILES string of the molecule is COc1ccc(C2C(C#N)=C(N)OC3NN=C(C)C32)cc1COc1cccc(Cl)c1. The van der Waals surface area contributed by atoms with Crippen molar-refractivity contribution in [1.82, 2.24) is 5.43 Å². The third-order valence-electron chi connectivity index (χ3n) is 5.34. The molecule has 7 nitrogen and oxygen atoms in total. The van der Waals surface area contributed by atoms with E-state index >= 15 is 0 Å². The zero-order valence-electron chi connectivity index (χ0n) is 16.6. The largest absolute Gasteiger partial charge is 0.496 e. The molecule has 30 heavy (non-hydrogen) atoms. The molecular weight excluding hydrogens is 404 g/mol. The number of benzene rings is 2. The molecule has 2 aromatic carbocycles. The van der Waals surface area contributed by atoms with Gasteiger partial charge in [0.25, 0.3) is 0 Å². The first kappa shape index (κ1) is 19.9. The zero-order chi connectivity index (χ0) is 21.3. The van der Waals surface area contributed by atoms with Crippen molar-refractivity contribution in [3.63, 3.8) is 0 Å². The Balaban J connectivity index is 1.70. The molecule has 0 aliphatic carbocycles. The molecule has 0 saturated heterocycles. The predicted octanol–water partition coefficient (Wildman–Crippen LogP) is 3.66. The highest BCUT2D eigenvalue weighted by Crippen LogP contribution is 2.42. The van der Waals surface area contributed by atoms with Crippen molar-refractivity contribution in [2.75, 3.05) is 7.11 Å². The van der Waals surface area contributed by atoms with Crippen molar-refractivity contribution in [2.24, 2.45) is 16.8 Å². The van der Waals surface area contributed by atoms with E-state index in [-0.39, 0.29) is 24.3 Å². The van der Waals surface area contributed by atoms with E-state index in [1.807, 2.05) is 37.3 Å². The topological polar surface area (TPSA) is 102 Å². The maximum Gasteiger partial charge on any atom is 0.201 e. The minimum absolute atomic E-state index is 0.119.